The molecule has 1 aromatic rings. The second-order valence-corrected chi connectivity index (χ2v) is 8.04. The Morgan fingerprint density at radius 2 is 1.73 bits per heavy atom. The van der Waals surface area contributed by atoms with Crippen LogP contribution in [0.2, 0.25) is 0 Å². The van der Waals surface area contributed by atoms with Gasteiger partial charge in [-0.15, -0.1) is 0 Å². The van der Waals surface area contributed by atoms with E-state index in [2.05, 4.69) is 0 Å². The number of sulfone groups is 1. The molecule has 5 heteroatoms. The zero-order chi connectivity index (χ0) is 15.6. The fourth-order valence-electron chi connectivity index (χ4n) is 3.34. The largest absolute Gasteiger partial charge is 0.304 e. The summed E-state index contributed by atoms with van der Waals surface area (Å²) in [6.45, 7) is 0. The van der Waals surface area contributed by atoms with Crippen molar-refractivity contribution in [3.8, 4) is 0 Å². The van der Waals surface area contributed by atoms with Gasteiger partial charge in [0.2, 0.25) is 5.91 Å². The molecule has 0 aromatic heterocycles. The first-order valence-corrected chi connectivity index (χ1v) is 9.57. The molecule has 1 aliphatic heterocycles. The van der Waals surface area contributed by atoms with Crippen molar-refractivity contribution >= 4 is 21.4 Å². The van der Waals surface area contributed by atoms with E-state index in [0.717, 1.165) is 31.4 Å². The first kappa shape index (κ1) is 15.3. The first-order valence-electron chi connectivity index (χ1n) is 7.86. The molecule has 0 N–H and O–H groups in total. The van der Waals surface area contributed by atoms with E-state index in [9.17, 15) is 13.2 Å². The van der Waals surface area contributed by atoms with Crippen molar-refractivity contribution in [3.63, 3.8) is 0 Å². The van der Waals surface area contributed by atoms with Crippen LogP contribution in [-0.2, 0) is 14.6 Å². The number of hydrogen-bond donors (Lipinski definition) is 0. The molecule has 2 aliphatic rings. The summed E-state index contributed by atoms with van der Waals surface area (Å²) in [5.41, 5.74) is 0.782. The van der Waals surface area contributed by atoms with Crippen LogP contribution in [0.1, 0.15) is 32.1 Å². The summed E-state index contributed by atoms with van der Waals surface area (Å²) in [6.07, 6.45) is 6.81. The fourth-order valence-corrected chi connectivity index (χ4v) is 4.61. The molecule has 22 heavy (non-hydrogen) atoms. The van der Waals surface area contributed by atoms with Gasteiger partial charge in [0.05, 0.1) is 11.8 Å². The maximum absolute atomic E-state index is 13.0. The number of benzene rings is 1. The standard InChI is InChI=1S/C17H21NO3S/c19-17(14-7-3-1-4-8-14)18(15-9-5-2-6-10-15)16-11-12-22(20,21)13-16/h2,5-6,9-12,14,16H,1,3-4,7-8,13H2/t16-/m1/s1. The predicted molar refractivity (Wildman–Crippen MR) is 87.2 cm³/mol. The van der Waals surface area contributed by atoms with Crippen LogP contribution in [0.25, 0.3) is 0 Å². The van der Waals surface area contributed by atoms with Gasteiger partial charge in [0.1, 0.15) is 0 Å². The number of carbonyl (C=O) groups excluding carboxylic acids is 1. The van der Waals surface area contributed by atoms with Gasteiger partial charge in [-0.3, -0.25) is 4.79 Å². The highest BCUT2D eigenvalue weighted by Gasteiger charge is 2.34. The Balaban J connectivity index is 1.90. The van der Waals surface area contributed by atoms with Crippen LogP contribution in [-0.4, -0.2) is 26.1 Å². The molecule has 0 saturated heterocycles. The molecule has 4 nitrogen and oxygen atoms in total. The topological polar surface area (TPSA) is 54.5 Å². The van der Waals surface area contributed by atoms with Crippen LogP contribution in [0, 0.1) is 5.92 Å². The molecule has 1 aromatic carbocycles. The monoisotopic (exact) mass is 319 g/mol. The number of carbonyl (C=O) groups is 1. The van der Waals surface area contributed by atoms with E-state index in [-0.39, 0.29) is 23.6 Å². The van der Waals surface area contributed by atoms with Crippen molar-refractivity contribution < 1.29 is 13.2 Å². The summed E-state index contributed by atoms with van der Waals surface area (Å²) in [6, 6.07) is 9.02. The molecule has 1 heterocycles. The van der Waals surface area contributed by atoms with Gasteiger partial charge in [-0.05, 0) is 31.1 Å². The summed E-state index contributed by atoms with van der Waals surface area (Å²) >= 11 is 0. The van der Waals surface area contributed by atoms with Crippen LogP contribution < -0.4 is 4.90 Å². The molecule has 1 atom stereocenters. The third-order valence-electron chi connectivity index (χ3n) is 4.47. The maximum Gasteiger partial charge on any atom is 0.230 e. The van der Waals surface area contributed by atoms with Crippen molar-refractivity contribution in [2.24, 2.45) is 5.92 Å². The highest BCUT2D eigenvalue weighted by atomic mass is 32.2. The number of hydrogen-bond acceptors (Lipinski definition) is 3. The highest BCUT2D eigenvalue weighted by Crippen LogP contribution is 2.30. The Labute approximate surface area is 131 Å². The third kappa shape index (κ3) is 3.24. The minimum Gasteiger partial charge on any atom is -0.304 e. The predicted octanol–water partition coefficient (Wildman–Crippen LogP) is 2.91. The molecular weight excluding hydrogens is 298 g/mol. The van der Waals surface area contributed by atoms with Crippen molar-refractivity contribution in [1.82, 2.24) is 0 Å². The van der Waals surface area contributed by atoms with Gasteiger partial charge in [-0.2, -0.15) is 0 Å². The number of amides is 1. The lowest BCUT2D eigenvalue weighted by molar-refractivity contribution is -0.123. The zero-order valence-electron chi connectivity index (χ0n) is 12.5. The summed E-state index contributed by atoms with van der Waals surface area (Å²) < 4.78 is 23.5. The number of rotatable bonds is 3. The molecular formula is C17H21NO3S. The van der Waals surface area contributed by atoms with Crippen LogP contribution >= 0.6 is 0 Å². The second kappa shape index (κ2) is 6.24. The number of para-hydroxylation sites is 1. The fraction of sp³-hybridized carbons (Fsp3) is 0.471. The van der Waals surface area contributed by atoms with E-state index >= 15 is 0 Å². The average Bonchev–Trinajstić information content (AvgIpc) is 2.89. The van der Waals surface area contributed by atoms with Crippen molar-refractivity contribution in [2.75, 3.05) is 10.7 Å². The zero-order valence-corrected chi connectivity index (χ0v) is 13.3. The molecule has 118 valence electrons. The Morgan fingerprint density at radius 3 is 2.32 bits per heavy atom. The average molecular weight is 319 g/mol. The van der Waals surface area contributed by atoms with E-state index in [1.165, 1.54) is 11.8 Å². The normalized spacial score (nSPS) is 24.3. The Hall–Kier alpha value is -1.62. The van der Waals surface area contributed by atoms with Crippen molar-refractivity contribution in [2.45, 2.75) is 38.1 Å². The Kier molecular flexibility index (Phi) is 4.34. The van der Waals surface area contributed by atoms with E-state index in [4.69, 9.17) is 0 Å². The van der Waals surface area contributed by atoms with Gasteiger partial charge in [0.15, 0.2) is 9.84 Å². The minimum absolute atomic E-state index is 0.0135. The lowest BCUT2D eigenvalue weighted by atomic mass is 9.88. The van der Waals surface area contributed by atoms with Gasteiger partial charge in [0.25, 0.3) is 0 Å². The van der Waals surface area contributed by atoms with Gasteiger partial charge < -0.3 is 4.90 Å². The molecule has 1 amide bonds. The maximum atomic E-state index is 13.0. The Bertz CT molecular complexity index is 660. The van der Waals surface area contributed by atoms with Crippen LogP contribution in [0.15, 0.2) is 41.8 Å². The second-order valence-electron chi connectivity index (χ2n) is 6.10. The van der Waals surface area contributed by atoms with Crippen LogP contribution in [0.5, 0.6) is 0 Å². The molecule has 1 saturated carbocycles. The van der Waals surface area contributed by atoms with Crippen molar-refractivity contribution in [1.29, 1.82) is 0 Å². The smallest absolute Gasteiger partial charge is 0.230 e. The van der Waals surface area contributed by atoms with E-state index in [1.54, 1.807) is 11.0 Å². The molecule has 3 rings (SSSR count). The third-order valence-corrected chi connectivity index (χ3v) is 5.85. The summed E-state index contributed by atoms with van der Waals surface area (Å²) in [7, 11) is -3.19. The molecule has 0 unspecified atom stereocenters. The number of anilines is 1. The summed E-state index contributed by atoms with van der Waals surface area (Å²) in [4.78, 5) is 14.7. The molecule has 0 bridgehead atoms. The quantitative estimate of drug-likeness (QED) is 0.861. The summed E-state index contributed by atoms with van der Waals surface area (Å²) in [5.74, 6) is 0.0729. The van der Waals surface area contributed by atoms with Crippen LogP contribution in [0.4, 0.5) is 5.69 Å². The van der Waals surface area contributed by atoms with E-state index < -0.39 is 9.84 Å². The molecule has 0 spiro atoms. The van der Waals surface area contributed by atoms with Crippen LogP contribution in [0.3, 0.4) is 0 Å². The first-order chi connectivity index (χ1) is 10.6. The van der Waals surface area contributed by atoms with Gasteiger partial charge in [-0.1, -0.05) is 37.5 Å². The van der Waals surface area contributed by atoms with Gasteiger partial charge in [0, 0.05) is 17.0 Å². The highest BCUT2D eigenvalue weighted by molar-refractivity contribution is 7.94. The number of nitrogens with zero attached hydrogens (tertiary/aromatic N) is 1. The van der Waals surface area contributed by atoms with Crippen molar-refractivity contribution in [3.05, 3.63) is 41.8 Å². The summed E-state index contributed by atoms with van der Waals surface area (Å²) in [5, 5.41) is 1.24. The lowest BCUT2D eigenvalue weighted by Crippen LogP contribution is -2.44. The minimum atomic E-state index is -3.19. The van der Waals surface area contributed by atoms with E-state index in [1.807, 2.05) is 30.3 Å². The Morgan fingerprint density at radius 1 is 1.05 bits per heavy atom. The van der Waals surface area contributed by atoms with Gasteiger partial charge >= 0.3 is 0 Å². The molecule has 0 radical (unpaired) electrons. The molecule has 1 fully saturated rings. The SMILES string of the molecule is O=C(C1CCCCC1)N(c1ccccc1)[C@@H]1C=CS(=O)(=O)C1. The molecule has 1 aliphatic carbocycles. The van der Waals surface area contributed by atoms with Gasteiger partial charge in [-0.25, -0.2) is 8.42 Å². The van der Waals surface area contributed by atoms with E-state index in [0.29, 0.717) is 0 Å². The lowest BCUT2D eigenvalue weighted by Gasteiger charge is -2.32.